The first-order valence-electron chi connectivity index (χ1n) is 5.84. The van der Waals surface area contributed by atoms with Gasteiger partial charge in [0.2, 0.25) is 0 Å². The van der Waals surface area contributed by atoms with Gasteiger partial charge in [0.25, 0.3) is 0 Å². The minimum Gasteiger partial charge on any atom is -0.354 e. The molecule has 0 amide bonds. The lowest BCUT2D eigenvalue weighted by molar-refractivity contribution is 0.860. The number of aryl methyl sites for hydroxylation is 1. The minimum atomic E-state index is 0.503. The highest BCUT2D eigenvalue weighted by Crippen LogP contribution is 2.16. The Morgan fingerprint density at radius 1 is 1.22 bits per heavy atom. The van der Waals surface area contributed by atoms with Crippen molar-refractivity contribution in [2.45, 2.75) is 19.3 Å². The first kappa shape index (κ1) is 12.8. The molecule has 2 rings (SSSR count). The quantitative estimate of drug-likeness (QED) is 0.792. The van der Waals surface area contributed by atoms with E-state index in [-0.39, 0.29) is 0 Å². The molecule has 0 aromatic carbocycles. The second kappa shape index (κ2) is 5.83. The number of nitrogens with zero attached hydrogens (tertiary/aromatic N) is 3. The zero-order chi connectivity index (χ0) is 13.0. The summed E-state index contributed by atoms with van der Waals surface area (Å²) >= 11 is 5.83. The summed E-state index contributed by atoms with van der Waals surface area (Å²) in [5.41, 5.74) is 3.09. The summed E-state index contributed by atoms with van der Waals surface area (Å²) in [5.74, 6) is 1.44. The minimum absolute atomic E-state index is 0.503. The molecule has 0 aliphatic carbocycles. The van der Waals surface area contributed by atoms with Crippen molar-refractivity contribution in [3.63, 3.8) is 0 Å². The van der Waals surface area contributed by atoms with Crippen LogP contribution in [0.3, 0.4) is 0 Å². The molecule has 0 spiro atoms. The highest BCUT2D eigenvalue weighted by atomic mass is 35.5. The number of hydrogen-bond donors (Lipinski definition) is 0. The second-order valence-corrected chi connectivity index (χ2v) is 4.49. The van der Waals surface area contributed by atoms with Crippen LogP contribution in [0.4, 0.5) is 5.82 Å². The number of rotatable bonds is 4. The van der Waals surface area contributed by atoms with Gasteiger partial charge in [-0.05, 0) is 30.7 Å². The number of pyridine rings is 2. The molecule has 4 heteroatoms. The maximum Gasteiger partial charge on any atom is 0.128 e. The van der Waals surface area contributed by atoms with Gasteiger partial charge in [-0.25, -0.2) is 4.98 Å². The van der Waals surface area contributed by atoms with Gasteiger partial charge in [-0.2, -0.15) is 0 Å². The number of anilines is 1. The van der Waals surface area contributed by atoms with Gasteiger partial charge in [0.15, 0.2) is 0 Å². The lowest BCUT2D eigenvalue weighted by Crippen LogP contribution is -2.18. The number of aromatic nitrogens is 2. The van der Waals surface area contributed by atoms with Crippen molar-refractivity contribution in [3.8, 4) is 0 Å². The monoisotopic (exact) mass is 261 g/mol. The van der Waals surface area contributed by atoms with Crippen molar-refractivity contribution in [3.05, 3.63) is 53.5 Å². The van der Waals surface area contributed by atoms with Gasteiger partial charge < -0.3 is 4.90 Å². The Morgan fingerprint density at radius 3 is 2.67 bits per heavy atom. The summed E-state index contributed by atoms with van der Waals surface area (Å²) in [6.45, 7) is 2.73. The van der Waals surface area contributed by atoms with Crippen LogP contribution in [0.15, 0.2) is 36.5 Å². The van der Waals surface area contributed by atoms with Gasteiger partial charge in [-0.15, -0.1) is 11.6 Å². The maximum absolute atomic E-state index is 5.83. The van der Waals surface area contributed by atoms with E-state index < -0.39 is 0 Å². The van der Waals surface area contributed by atoms with Gasteiger partial charge in [0.1, 0.15) is 5.82 Å². The zero-order valence-electron chi connectivity index (χ0n) is 10.6. The van der Waals surface area contributed by atoms with Crippen molar-refractivity contribution >= 4 is 17.4 Å². The maximum atomic E-state index is 5.83. The van der Waals surface area contributed by atoms with Crippen LogP contribution >= 0.6 is 11.6 Å². The average Bonchev–Trinajstić information content (AvgIpc) is 2.39. The van der Waals surface area contributed by atoms with Crippen LogP contribution < -0.4 is 4.90 Å². The fourth-order valence-electron chi connectivity index (χ4n) is 1.75. The first-order chi connectivity index (χ1) is 8.70. The van der Waals surface area contributed by atoms with Crippen LogP contribution in [0.2, 0.25) is 0 Å². The van der Waals surface area contributed by atoms with Crippen LogP contribution in [0, 0.1) is 6.92 Å². The summed E-state index contributed by atoms with van der Waals surface area (Å²) in [4.78, 5) is 10.9. The third-order valence-corrected chi connectivity index (χ3v) is 3.13. The molecular formula is C14H16ClN3. The predicted octanol–water partition coefficient (Wildman–Crippen LogP) is 3.16. The zero-order valence-corrected chi connectivity index (χ0v) is 11.4. The Labute approximate surface area is 112 Å². The van der Waals surface area contributed by atoms with Gasteiger partial charge >= 0.3 is 0 Å². The summed E-state index contributed by atoms with van der Waals surface area (Å²) in [7, 11) is 2.01. The second-order valence-electron chi connectivity index (χ2n) is 4.22. The average molecular weight is 262 g/mol. The fourth-order valence-corrected chi connectivity index (χ4v) is 2.03. The molecule has 2 aromatic rings. The van der Waals surface area contributed by atoms with E-state index in [1.165, 1.54) is 0 Å². The Morgan fingerprint density at radius 2 is 2.06 bits per heavy atom. The molecular weight excluding hydrogens is 246 g/mol. The number of hydrogen-bond acceptors (Lipinski definition) is 3. The first-order valence-corrected chi connectivity index (χ1v) is 6.37. The van der Waals surface area contributed by atoms with Crippen LogP contribution in [-0.4, -0.2) is 17.0 Å². The molecule has 0 radical (unpaired) electrons. The largest absolute Gasteiger partial charge is 0.354 e. The molecule has 0 fully saturated rings. The molecule has 0 N–H and O–H groups in total. The predicted molar refractivity (Wildman–Crippen MR) is 74.9 cm³/mol. The summed E-state index contributed by atoms with van der Waals surface area (Å²) in [6.07, 6.45) is 1.80. The third-order valence-electron chi connectivity index (χ3n) is 2.84. The molecule has 0 unspecified atom stereocenters. The topological polar surface area (TPSA) is 29.0 Å². The van der Waals surface area contributed by atoms with Gasteiger partial charge in [-0.1, -0.05) is 12.1 Å². The highest BCUT2D eigenvalue weighted by Gasteiger charge is 2.06. The van der Waals surface area contributed by atoms with Crippen molar-refractivity contribution < 1.29 is 0 Å². The fraction of sp³-hybridized carbons (Fsp3) is 0.286. The molecule has 0 aliphatic heterocycles. The molecule has 0 aliphatic rings. The Kier molecular flexibility index (Phi) is 4.15. The van der Waals surface area contributed by atoms with E-state index in [1.807, 2.05) is 44.3 Å². The SMILES string of the molecule is Cc1nc(N(C)Cc2ccccn2)ccc1CCl. The van der Waals surface area contributed by atoms with Gasteiger partial charge in [0.05, 0.1) is 12.2 Å². The molecule has 94 valence electrons. The molecule has 2 aromatic heterocycles. The van der Waals surface area contributed by atoms with Crippen LogP contribution in [0.25, 0.3) is 0 Å². The van der Waals surface area contributed by atoms with Crippen LogP contribution in [0.1, 0.15) is 17.0 Å². The smallest absolute Gasteiger partial charge is 0.128 e. The van der Waals surface area contributed by atoms with Crippen LogP contribution in [0.5, 0.6) is 0 Å². The molecule has 0 atom stereocenters. The Hall–Kier alpha value is -1.61. The molecule has 0 saturated carbocycles. The summed E-state index contributed by atoms with van der Waals surface area (Å²) in [5, 5.41) is 0. The van der Waals surface area contributed by atoms with E-state index in [4.69, 9.17) is 11.6 Å². The Balaban J connectivity index is 2.14. The van der Waals surface area contributed by atoms with Crippen molar-refractivity contribution in [2.24, 2.45) is 0 Å². The molecule has 3 nitrogen and oxygen atoms in total. The van der Waals surface area contributed by atoms with Crippen molar-refractivity contribution in [1.29, 1.82) is 0 Å². The van der Waals surface area contributed by atoms with Crippen molar-refractivity contribution in [1.82, 2.24) is 9.97 Å². The standard InChI is InChI=1S/C14H16ClN3/c1-11-12(9-15)6-7-14(17-11)18(2)10-13-5-3-4-8-16-13/h3-8H,9-10H2,1-2H3. The Bertz CT molecular complexity index is 514. The molecule has 2 heterocycles. The molecule has 0 bridgehead atoms. The number of alkyl halides is 1. The van der Waals surface area contributed by atoms with E-state index in [0.29, 0.717) is 5.88 Å². The van der Waals surface area contributed by atoms with E-state index >= 15 is 0 Å². The number of halogens is 1. The summed E-state index contributed by atoms with van der Waals surface area (Å²) < 4.78 is 0. The lowest BCUT2D eigenvalue weighted by Gasteiger charge is -2.18. The lowest BCUT2D eigenvalue weighted by atomic mass is 10.2. The molecule has 18 heavy (non-hydrogen) atoms. The van der Waals surface area contributed by atoms with Gasteiger partial charge in [-0.3, -0.25) is 4.98 Å². The van der Waals surface area contributed by atoms with Crippen LogP contribution in [-0.2, 0) is 12.4 Å². The van der Waals surface area contributed by atoms with Crippen molar-refractivity contribution in [2.75, 3.05) is 11.9 Å². The third kappa shape index (κ3) is 2.99. The van der Waals surface area contributed by atoms with E-state index in [1.54, 1.807) is 6.20 Å². The van der Waals surface area contributed by atoms with E-state index in [2.05, 4.69) is 14.9 Å². The normalized spacial score (nSPS) is 10.4. The molecule has 0 saturated heterocycles. The highest BCUT2D eigenvalue weighted by molar-refractivity contribution is 6.17. The van der Waals surface area contributed by atoms with E-state index in [0.717, 1.165) is 29.3 Å². The summed E-state index contributed by atoms with van der Waals surface area (Å²) in [6, 6.07) is 9.94. The van der Waals surface area contributed by atoms with Gasteiger partial charge in [0, 0.05) is 24.8 Å². The van der Waals surface area contributed by atoms with E-state index in [9.17, 15) is 0 Å².